The van der Waals surface area contributed by atoms with Crippen molar-refractivity contribution >= 4 is 6.03 Å². The standard InChI is InChI=1S/C19H31N3O3/c1-5-21(3)15(2)10-11-20-19(23)22-12-7-13-25-18-16(14-22)8-6-9-17(18)24-4/h6,8-9,15H,5,7,10-14H2,1-4H3,(H,20,23)/t15-/m1/s1. The van der Waals surface area contributed by atoms with Gasteiger partial charge < -0.3 is 24.6 Å². The van der Waals surface area contributed by atoms with Crippen LogP contribution in [0.25, 0.3) is 0 Å². The molecule has 0 aromatic heterocycles. The van der Waals surface area contributed by atoms with E-state index >= 15 is 0 Å². The van der Waals surface area contributed by atoms with Gasteiger partial charge in [-0.25, -0.2) is 4.79 Å². The number of nitrogens with zero attached hydrogens (tertiary/aromatic N) is 2. The molecule has 0 aliphatic carbocycles. The van der Waals surface area contributed by atoms with Gasteiger partial charge in [0.2, 0.25) is 0 Å². The highest BCUT2D eigenvalue weighted by molar-refractivity contribution is 5.74. The fraction of sp³-hybridized carbons (Fsp3) is 0.632. The van der Waals surface area contributed by atoms with Crippen LogP contribution < -0.4 is 14.8 Å². The molecule has 1 heterocycles. The quantitative estimate of drug-likeness (QED) is 0.858. The maximum atomic E-state index is 12.6. The first-order chi connectivity index (χ1) is 12.1. The average Bonchev–Trinajstić information content (AvgIpc) is 2.60. The lowest BCUT2D eigenvalue weighted by Gasteiger charge is -2.28. The normalized spacial score (nSPS) is 15.6. The van der Waals surface area contributed by atoms with Gasteiger partial charge in [0.25, 0.3) is 0 Å². The van der Waals surface area contributed by atoms with Crippen LogP contribution in [0.1, 0.15) is 32.3 Å². The summed E-state index contributed by atoms with van der Waals surface area (Å²) in [6, 6.07) is 6.25. The van der Waals surface area contributed by atoms with E-state index in [4.69, 9.17) is 9.47 Å². The van der Waals surface area contributed by atoms with Crippen LogP contribution in [0, 0.1) is 0 Å². The van der Waals surface area contributed by atoms with Gasteiger partial charge in [-0.3, -0.25) is 0 Å². The van der Waals surface area contributed by atoms with Crippen LogP contribution in [-0.4, -0.2) is 62.3 Å². The molecule has 25 heavy (non-hydrogen) atoms. The highest BCUT2D eigenvalue weighted by Gasteiger charge is 2.20. The van der Waals surface area contributed by atoms with E-state index in [0.29, 0.717) is 32.3 Å². The number of para-hydroxylation sites is 1. The number of benzene rings is 1. The molecule has 1 aliphatic heterocycles. The summed E-state index contributed by atoms with van der Waals surface area (Å²) in [5, 5.41) is 3.06. The number of carbonyl (C=O) groups is 1. The van der Waals surface area contributed by atoms with E-state index in [-0.39, 0.29) is 6.03 Å². The number of carbonyl (C=O) groups excluding carboxylic acids is 1. The van der Waals surface area contributed by atoms with Gasteiger partial charge in [-0.15, -0.1) is 0 Å². The van der Waals surface area contributed by atoms with E-state index in [1.165, 1.54) is 0 Å². The number of amides is 2. The minimum atomic E-state index is -0.0120. The Morgan fingerprint density at radius 1 is 1.48 bits per heavy atom. The molecule has 1 N–H and O–H groups in total. The van der Waals surface area contributed by atoms with Crippen LogP contribution in [0.15, 0.2) is 18.2 Å². The summed E-state index contributed by atoms with van der Waals surface area (Å²) in [6.45, 7) is 7.82. The Morgan fingerprint density at radius 2 is 2.28 bits per heavy atom. The molecule has 140 valence electrons. The maximum Gasteiger partial charge on any atom is 0.317 e. The molecular formula is C19H31N3O3. The van der Waals surface area contributed by atoms with Gasteiger partial charge in [-0.2, -0.15) is 0 Å². The van der Waals surface area contributed by atoms with Crippen molar-refractivity contribution in [3.8, 4) is 11.5 Å². The zero-order valence-corrected chi connectivity index (χ0v) is 15.9. The van der Waals surface area contributed by atoms with E-state index in [9.17, 15) is 4.79 Å². The number of methoxy groups -OCH3 is 1. The molecule has 1 atom stereocenters. The topological polar surface area (TPSA) is 54.0 Å². The summed E-state index contributed by atoms with van der Waals surface area (Å²) in [6.07, 6.45) is 1.75. The highest BCUT2D eigenvalue weighted by Crippen LogP contribution is 2.33. The molecule has 0 unspecified atom stereocenters. The van der Waals surface area contributed by atoms with Gasteiger partial charge in [0.1, 0.15) is 0 Å². The first-order valence-corrected chi connectivity index (χ1v) is 9.08. The number of hydrogen-bond acceptors (Lipinski definition) is 4. The molecule has 2 rings (SSSR count). The summed E-state index contributed by atoms with van der Waals surface area (Å²) in [7, 11) is 3.74. The van der Waals surface area contributed by atoms with Gasteiger partial charge >= 0.3 is 6.03 Å². The van der Waals surface area contributed by atoms with Gasteiger partial charge in [0.15, 0.2) is 11.5 Å². The lowest BCUT2D eigenvalue weighted by molar-refractivity contribution is 0.178. The first kappa shape index (κ1) is 19.4. The monoisotopic (exact) mass is 349 g/mol. The van der Waals surface area contributed by atoms with Crippen LogP contribution in [0.3, 0.4) is 0 Å². The van der Waals surface area contributed by atoms with Crippen molar-refractivity contribution in [2.24, 2.45) is 0 Å². The highest BCUT2D eigenvalue weighted by atomic mass is 16.5. The summed E-state index contributed by atoms with van der Waals surface area (Å²) < 4.78 is 11.2. The second kappa shape index (κ2) is 9.51. The number of fused-ring (bicyclic) bond motifs is 1. The molecule has 1 aromatic carbocycles. The van der Waals surface area contributed by atoms with E-state index in [1.54, 1.807) is 7.11 Å². The van der Waals surface area contributed by atoms with Crippen LogP contribution >= 0.6 is 0 Å². The van der Waals surface area contributed by atoms with Crippen molar-refractivity contribution in [3.05, 3.63) is 23.8 Å². The number of urea groups is 1. The van der Waals surface area contributed by atoms with Crippen molar-refractivity contribution in [3.63, 3.8) is 0 Å². The van der Waals surface area contributed by atoms with Gasteiger partial charge in [-0.1, -0.05) is 19.1 Å². The Balaban J connectivity index is 1.95. The van der Waals surface area contributed by atoms with E-state index in [2.05, 4.69) is 31.1 Å². The summed E-state index contributed by atoms with van der Waals surface area (Å²) >= 11 is 0. The Morgan fingerprint density at radius 3 is 3.00 bits per heavy atom. The molecule has 6 heteroatoms. The second-order valence-corrected chi connectivity index (χ2v) is 6.51. The third kappa shape index (κ3) is 5.26. The van der Waals surface area contributed by atoms with Crippen LogP contribution in [-0.2, 0) is 6.54 Å². The minimum Gasteiger partial charge on any atom is -0.493 e. The number of rotatable bonds is 6. The van der Waals surface area contributed by atoms with Crippen molar-refractivity contribution in [1.29, 1.82) is 0 Å². The van der Waals surface area contributed by atoms with Gasteiger partial charge in [0.05, 0.1) is 20.3 Å². The van der Waals surface area contributed by atoms with Crippen molar-refractivity contribution < 1.29 is 14.3 Å². The fourth-order valence-electron chi connectivity index (χ4n) is 2.93. The molecular weight excluding hydrogens is 318 g/mol. The van der Waals surface area contributed by atoms with Crippen molar-refractivity contribution in [2.45, 2.75) is 39.3 Å². The molecule has 0 saturated heterocycles. The Labute approximate surface area is 151 Å². The van der Waals surface area contributed by atoms with Crippen LogP contribution in [0.4, 0.5) is 4.79 Å². The van der Waals surface area contributed by atoms with E-state index in [0.717, 1.165) is 36.4 Å². The molecule has 6 nitrogen and oxygen atoms in total. The van der Waals surface area contributed by atoms with Crippen molar-refractivity contribution in [1.82, 2.24) is 15.1 Å². The Kier molecular flexibility index (Phi) is 7.37. The largest absolute Gasteiger partial charge is 0.493 e. The lowest BCUT2D eigenvalue weighted by atomic mass is 10.1. The second-order valence-electron chi connectivity index (χ2n) is 6.51. The average molecular weight is 349 g/mol. The van der Waals surface area contributed by atoms with Crippen molar-refractivity contribution in [2.75, 3.05) is 40.4 Å². The number of ether oxygens (including phenoxy) is 2. The van der Waals surface area contributed by atoms with E-state index < -0.39 is 0 Å². The zero-order chi connectivity index (χ0) is 18.2. The predicted molar refractivity (Wildman–Crippen MR) is 99.3 cm³/mol. The Hall–Kier alpha value is -1.95. The SMILES string of the molecule is CCN(C)[C@H](C)CCNC(=O)N1CCCOc2c(cccc2OC)C1. The number of nitrogens with one attached hydrogen (secondary N) is 1. The minimum absolute atomic E-state index is 0.0120. The molecule has 1 aromatic rings. The predicted octanol–water partition coefficient (Wildman–Crippen LogP) is 2.72. The smallest absolute Gasteiger partial charge is 0.317 e. The molecule has 0 radical (unpaired) electrons. The maximum absolute atomic E-state index is 12.6. The molecule has 0 fully saturated rings. The molecule has 1 aliphatic rings. The van der Waals surface area contributed by atoms with Gasteiger partial charge in [0, 0.05) is 24.7 Å². The molecule has 0 saturated carbocycles. The number of hydrogen-bond donors (Lipinski definition) is 1. The summed E-state index contributed by atoms with van der Waals surface area (Å²) in [5.41, 5.74) is 0.980. The third-order valence-electron chi connectivity index (χ3n) is 4.84. The summed E-state index contributed by atoms with van der Waals surface area (Å²) in [5.74, 6) is 1.47. The van der Waals surface area contributed by atoms with E-state index in [1.807, 2.05) is 23.1 Å². The molecule has 2 amide bonds. The molecule has 0 bridgehead atoms. The zero-order valence-electron chi connectivity index (χ0n) is 15.9. The molecule has 0 spiro atoms. The third-order valence-corrected chi connectivity index (χ3v) is 4.84. The van der Waals surface area contributed by atoms with Gasteiger partial charge in [-0.05, 0) is 39.4 Å². The first-order valence-electron chi connectivity index (χ1n) is 9.08. The lowest BCUT2D eigenvalue weighted by Crippen LogP contribution is -2.42. The van der Waals surface area contributed by atoms with Crippen LogP contribution in [0.5, 0.6) is 11.5 Å². The van der Waals surface area contributed by atoms with Crippen LogP contribution in [0.2, 0.25) is 0 Å². The fourth-order valence-corrected chi connectivity index (χ4v) is 2.93. The summed E-state index contributed by atoms with van der Waals surface area (Å²) in [4.78, 5) is 16.7. The Bertz CT molecular complexity index is 565.